The molecule has 4 nitrogen and oxygen atoms in total. The fourth-order valence-electron chi connectivity index (χ4n) is 2.14. The Hall–Kier alpha value is -1.60. The SMILES string of the molecule is CN1CCC(CNc2ncccc2C#N)CC1. The van der Waals surface area contributed by atoms with Crippen molar-refractivity contribution in [2.45, 2.75) is 12.8 Å². The van der Waals surface area contributed by atoms with Crippen LogP contribution in [0.2, 0.25) is 0 Å². The predicted octanol–water partition coefficient (Wildman–Crippen LogP) is 1.71. The standard InChI is InChI=1S/C13H18N4/c1-17-7-4-11(5-8-17)10-16-13-12(9-14)3-2-6-15-13/h2-3,6,11H,4-5,7-8,10H2,1H3,(H,15,16). The Morgan fingerprint density at radius 2 is 2.29 bits per heavy atom. The average molecular weight is 230 g/mol. The molecule has 0 bridgehead atoms. The number of piperidine rings is 1. The third-order valence-corrected chi connectivity index (χ3v) is 3.32. The molecule has 1 aliphatic rings. The molecule has 0 aromatic carbocycles. The van der Waals surface area contributed by atoms with Crippen molar-refractivity contribution in [1.29, 1.82) is 5.26 Å². The third-order valence-electron chi connectivity index (χ3n) is 3.32. The van der Waals surface area contributed by atoms with Crippen LogP contribution in [-0.4, -0.2) is 36.6 Å². The molecule has 17 heavy (non-hydrogen) atoms. The van der Waals surface area contributed by atoms with Crippen LogP contribution in [0.4, 0.5) is 5.82 Å². The van der Waals surface area contributed by atoms with Crippen LogP contribution in [0.5, 0.6) is 0 Å². The van der Waals surface area contributed by atoms with Gasteiger partial charge in [0.25, 0.3) is 0 Å². The largest absolute Gasteiger partial charge is 0.369 e. The lowest BCUT2D eigenvalue weighted by Gasteiger charge is -2.29. The van der Waals surface area contributed by atoms with E-state index in [0.29, 0.717) is 17.3 Å². The van der Waals surface area contributed by atoms with E-state index in [4.69, 9.17) is 5.26 Å². The number of nitriles is 1. The number of likely N-dealkylation sites (tertiary alicyclic amines) is 1. The number of pyridine rings is 1. The lowest BCUT2D eigenvalue weighted by atomic mass is 9.97. The van der Waals surface area contributed by atoms with Gasteiger partial charge in [0.15, 0.2) is 0 Å². The predicted molar refractivity (Wildman–Crippen MR) is 67.7 cm³/mol. The highest BCUT2D eigenvalue weighted by Crippen LogP contribution is 2.17. The normalized spacial score (nSPS) is 17.6. The summed E-state index contributed by atoms with van der Waals surface area (Å²) in [4.78, 5) is 6.56. The molecule has 1 aliphatic heterocycles. The summed E-state index contributed by atoms with van der Waals surface area (Å²) in [5.74, 6) is 1.41. The van der Waals surface area contributed by atoms with Crippen LogP contribution in [0.1, 0.15) is 18.4 Å². The molecule has 90 valence electrons. The molecular formula is C13H18N4. The highest BCUT2D eigenvalue weighted by molar-refractivity contribution is 5.51. The van der Waals surface area contributed by atoms with Gasteiger partial charge in [-0.25, -0.2) is 4.98 Å². The van der Waals surface area contributed by atoms with Crippen molar-refractivity contribution in [3.05, 3.63) is 23.9 Å². The monoisotopic (exact) mass is 230 g/mol. The van der Waals surface area contributed by atoms with Gasteiger partial charge in [-0.05, 0) is 51.0 Å². The van der Waals surface area contributed by atoms with Crippen LogP contribution in [0, 0.1) is 17.2 Å². The lowest BCUT2D eigenvalue weighted by Crippen LogP contribution is -2.33. The zero-order valence-electron chi connectivity index (χ0n) is 10.2. The zero-order chi connectivity index (χ0) is 12.1. The first kappa shape index (κ1) is 11.9. The molecule has 0 unspecified atom stereocenters. The summed E-state index contributed by atoms with van der Waals surface area (Å²) in [6.07, 6.45) is 4.16. The minimum absolute atomic E-state index is 0.625. The zero-order valence-corrected chi connectivity index (χ0v) is 10.2. The molecule has 2 heterocycles. The van der Waals surface area contributed by atoms with Gasteiger partial charge in [-0.3, -0.25) is 0 Å². The van der Waals surface area contributed by atoms with Crippen molar-refractivity contribution in [3.63, 3.8) is 0 Å². The molecule has 0 spiro atoms. The Kier molecular flexibility index (Phi) is 3.94. The van der Waals surface area contributed by atoms with E-state index in [1.165, 1.54) is 25.9 Å². The van der Waals surface area contributed by atoms with Crippen molar-refractivity contribution < 1.29 is 0 Å². The average Bonchev–Trinajstić information content (AvgIpc) is 2.38. The topological polar surface area (TPSA) is 52.0 Å². The van der Waals surface area contributed by atoms with Gasteiger partial charge in [-0.15, -0.1) is 0 Å². The van der Waals surface area contributed by atoms with Crippen LogP contribution in [0.3, 0.4) is 0 Å². The molecule has 4 heteroatoms. The number of aromatic nitrogens is 1. The van der Waals surface area contributed by atoms with Gasteiger partial charge in [0.05, 0.1) is 5.56 Å². The Morgan fingerprint density at radius 1 is 1.53 bits per heavy atom. The fourth-order valence-corrected chi connectivity index (χ4v) is 2.14. The Balaban J connectivity index is 1.88. The molecule has 1 saturated heterocycles. The first-order chi connectivity index (χ1) is 8.29. The number of hydrogen-bond donors (Lipinski definition) is 1. The van der Waals surface area contributed by atoms with Crippen molar-refractivity contribution in [3.8, 4) is 6.07 Å². The van der Waals surface area contributed by atoms with Gasteiger partial charge in [0.2, 0.25) is 0 Å². The summed E-state index contributed by atoms with van der Waals surface area (Å²) in [5.41, 5.74) is 0.625. The van der Waals surface area contributed by atoms with E-state index in [-0.39, 0.29) is 0 Å². The maximum absolute atomic E-state index is 8.95. The van der Waals surface area contributed by atoms with E-state index in [9.17, 15) is 0 Å². The smallest absolute Gasteiger partial charge is 0.143 e. The van der Waals surface area contributed by atoms with Crippen molar-refractivity contribution >= 4 is 5.82 Å². The second kappa shape index (κ2) is 5.65. The molecule has 0 saturated carbocycles. The van der Waals surface area contributed by atoms with E-state index >= 15 is 0 Å². The fraction of sp³-hybridized carbons (Fsp3) is 0.538. The van der Waals surface area contributed by atoms with Gasteiger partial charge in [0, 0.05) is 12.7 Å². The van der Waals surface area contributed by atoms with Crippen LogP contribution in [-0.2, 0) is 0 Å². The second-order valence-corrected chi connectivity index (χ2v) is 4.64. The van der Waals surface area contributed by atoms with Gasteiger partial charge < -0.3 is 10.2 Å². The van der Waals surface area contributed by atoms with E-state index in [0.717, 1.165) is 6.54 Å². The highest BCUT2D eigenvalue weighted by Gasteiger charge is 2.16. The maximum Gasteiger partial charge on any atom is 0.143 e. The summed E-state index contributed by atoms with van der Waals surface area (Å²) >= 11 is 0. The second-order valence-electron chi connectivity index (χ2n) is 4.64. The number of hydrogen-bond acceptors (Lipinski definition) is 4. The number of anilines is 1. The van der Waals surface area contributed by atoms with E-state index < -0.39 is 0 Å². The van der Waals surface area contributed by atoms with Crippen LogP contribution in [0.25, 0.3) is 0 Å². The molecule has 2 rings (SSSR count). The Bertz CT molecular complexity index is 402. The van der Waals surface area contributed by atoms with Crippen molar-refractivity contribution in [2.75, 3.05) is 32.0 Å². The van der Waals surface area contributed by atoms with Gasteiger partial charge >= 0.3 is 0 Å². The van der Waals surface area contributed by atoms with E-state index in [1.54, 1.807) is 18.3 Å². The number of nitrogens with one attached hydrogen (secondary N) is 1. The Labute approximate surface area is 102 Å². The number of rotatable bonds is 3. The quantitative estimate of drug-likeness (QED) is 0.858. The van der Waals surface area contributed by atoms with Crippen molar-refractivity contribution in [2.24, 2.45) is 5.92 Å². The Morgan fingerprint density at radius 3 is 3.00 bits per heavy atom. The molecule has 0 aliphatic carbocycles. The number of nitrogens with zero attached hydrogens (tertiary/aromatic N) is 3. The highest BCUT2D eigenvalue weighted by atomic mass is 15.1. The molecule has 1 aromatic heterocycles. The molecule has 1 fully saturated rings. The maximum atomic E-state index is 8.95. The summed E-state index contributed by atoms with van der Waals surface area (Å²) < 4.78 is 0. The summed E-state index contributed by atoms with van der Waals surface area (Å²) in [6.45, 7) is 3.25. The van der Waals surface area contributed by atoms with E-state index in [2.05, 4.69) is 28.3 Å². The molecule has 1 aromatic rings. The van der Waals surface area contributed by atoms with Crippen LogP contribution < -0.4 is 5.32 Å². The summed E-state index contributed by atoms with van der Waals surface area (Å²) in [5, 5.41) is 12.3. The molecule has 0 atom stereocenters. The summed E-state index contributed by atoms with van der Waals surface area (Å²) in [7, 11) is 2.16. The minimum Gasteiger partial charge on any atom is -0.369 e. The lowest BCUT2D eigenvalue weighted by molar-refractivity contribution is 0.226. The molecule has 1 N–H and O–H groups in total. The molecule has 0 amide bonds. The minimum atomic E-state index is 0.625. The molecule has 0 radical (unpaired) electrons. The van der Waals surface area contributed by atoms with Crippen LogP contribution >= 0.6 is 0 Å². The van der Waals surface area contributed by atoms with E-state index in [1.807, 2.05) is 0 Å². The van der Waals surface area contributed by atoms with Gasteiger partial charge in [-0.2, -0.15) is 5.26 Å². The molecular weight excluding hydrogens is 212 g/mol. The first-order valence-corrected chi connectivity index (χ1v) is 6.07. The van der Waals surface area contributed by atoms with Gasteiger partial charge in [-0.1, -0.05) is 0 Å². The van der Waals surface area contributed by atoms with Gasteiger partial charge in [0.1, 0.15) is 11.9 Å². The third kappa shape index (κ3) is 3.18. The van der Waals surface area contributed by atoms with Crippen LogP contribution in [0.15, 0.2) is 18.3 Å². The first-order valence-electron chi connectivity index (χ1n) is 6.07. The summed E-state index contributed by atoms with van der Waals surface area (Å²) in [6, 6.07) is 5.74. The van der Waals surface area contributed by atoms with Crippen molar-refractivity contribution in [1.82, 2.24) is 9.88 Å².